The van der Waals surface area contributed by atoms with Gasteiger partial charge in [-0.25, -0.2) is 4.98 Å². The summed E-state index contributed by atoms with van der Waals surface area (Å²) in [5.74, 6) is 2.73. The summed E-state index contributed by atoms with van der Waals surface area (Å²) in [7, 11) is 0. The second kappa shape index (κ2) is 8.79. The van der Waals surface area contributed by atoms with Crippen LogP contribution in [-0.4, -0.2) is 57.0 Å². The van der Waals surface area contributed by atoms with Crippen LogP contribution in [0, 0.1) is 17.8 Å². The largest absolute Gasteiger partial charge is 0.337 e. The third-order valence-corrected chi connectivity index (χ3v) is 8.32. The summed E-state index contributed by atoms with van der Waals surface area (Å²) in [6.07, 6.45) is 19.9. The maximum Gasteiger partial charge on any atom is 0.223 e. The molecule has 0 N–H and O–H groups in total. The molecule has 3 aliphatic heterocycles. The van der Waals surface area contributed by atoms with E-state index in [9.17, 15) is 4.79 Å². The molecule has 5 heteroatoms. The summed E-state index contributed by atoms with van der Waals surface area (Å²) in [5.41, 5.74) is 0. The van der Waals surface area contributed by atoms with E-state index >= 15 is 0 Å². The zero-order chi connectivity index (χ0) is 19.6. The van der Waals surface area contributed by atoms with E-state index in [1.54, 1.807) is 0 Å². The third-order valence-electron chi connectivity index (χ3n) is 8.32. The van der Waals surface area contributed by atoms with Gasteiger partial charge in [0.2, 0.25) is 5.91 Å². The minimum atomic E-state index is 0.477. The highest BCUT2D eigenvalue weighted by Crippen LogP contribution is 2.44. The van der Waals surface area contributed by atoms with Crippen molar-refractivity contribution in [2.24, 2.45) is 17.8 Å². The Morgan fingerprint density at radius 2 is 1.86 bits per heavy atom. The van der Waals surface area contributed by atoms with Gasteiger partial charge in [-0.15, -0.1) is 0 Å². The van der Waals surface area contributed by atoms with Crippen molar-refractivity contribution in [3.63, 3.8) is 0 Å². The topological polar surface area (TPSA) is 41.4 Å². The molecule has 0 aromatic carbocycles. The van der Waals surface area contributed by atoms with Gasteiger partial charge in [0, 0.05) is 50.5 Å². The van der Waals surface area contributed by atoms with Gasteiger partial charge in [-0.3, -0.25) is 4.79 Å². The third kappa shape index (κ3) is 4.26. The number of piperidine rings is 3. The number of likely N-dealkylation sites (tertiary alicyclic amines) is 1. The van der Waals surface area contributed by atoms with Gasteiger partial charge in [0.15, 0.2) is 0 Å². The summed E-state index contributed by atoms with van der Waals surface area (Å²) < 4.78 is 2.19. The van der Waals surface area contributed by atoms with Crippen LogP contribution in [0.25, 0.3) is 0 Å². The Balaban J connectivity index is 1.27. The van der Waals surface area contributed by atoms with Crippen molar-refractivity contribution in [1.82, 2.24) is 19.4 Å². The maximum atomic E-state index is 13.0. The molecule has 29 heavy (non-hydrogen) atoms. The minimum Gasteiger partial charge on any atom is -0.337 e. The van der Waals surface area contributed by atoms with Gasteiger partial charge in [0.1, 0.15) is 0 Å². The van der Waals surface area contributed by atoms with Gasteiger partial charge in [-0.2, -0.15) is 0 Å². The van der Waals surface area contributed by atoms with Crippen molar-refractivity contribution in [3.05, 3.63) is 18.7 Å². The number of nitrogens with zero attached hydrogens (tertiary/aromatic N) is 4. The molecule has 1 aromatic heterocycles. The van der Waals surface area contributed by atoms with Crippen LogP contribution in [-0.2, 0) is 11.3 Å². The van der Waals surface area contributed by atoms with Gasteiger partial charge >= 0.3 is 0 Å². The molecular formula is C24H38N4O. The fourth-order valence-electron chi connectivity index (χ4n) is 7.02. The predicted molar refractivity (Wildman–Crippen MR) is 114 cm³/mol. The number of amides is 1. The highest BCUT2D eigenvalue weighted by Gasteiger charge is 2.49. The number of hydrogen-bond donors (Lipinski definition) is 0. The Bertz CT molecular complexity index is 668. The van der Waals surface area contributed by atoms with Crippen LogP contribution in [0.4, 0.5) is 0 Å². The summed E-state index contributed by atoms with van der Waals surface area (Å²) in [6, 6.07) is 1.04. The molecule has 160 valence electrons. The first-order valence-corrected chi connectivity index (χ1v) is 12.3. The number of imidazole rings is 1. The first-order valence-electron chi connectivity index (χ1n) is 12.3. The number of carbonyl (C=O) groups is 1. The standard InChI is InChI=1S/C24H38N4O/c29-24-9-4-8-22-20-15-21(23(28(22)24)14-19-6-2-1-3-7-19)17-27(16-20)12-5-11-26-13-10-25-18-26/h10,13,18-23H,1-9,11-12,14-17H2/t20-,21+,22+,23+/m1/s1. The van der Waals surface area contributed by atoms with Crippen molar-refractivity contribution < 1.29 is 4.79 Å². The Labute approximate surface area is 175 Å². The molecule has 3 saturated heterocycles. The Morgan fingerprint density at radius 1 is 1.00 bits per heavy atom. The zero-order valence-electron chi connectivity index (χ0n) is 17.9. The second-order valence-corrected chi connectivity index (χ2v) is 10.2. The molecule has 1 amide bonds. The van der Waals surface area contributed by atoms with Gasteiger partial charge in [-0.1, -0.05) is 32.1 Å². The number of hydrogen-bond acceptors (Lipinski definition) is 3. The summed E-state index contributed by atoms with van der Waals surface area (Å²) >= 11 is 0. The Hall–Kier alpha value is -1.36. The predicted octanol–water partition coefficient (Wildman–Crippen LogP) is 3.95. The van der Waals surface area contributed by atoms with Crippen molar-refractivity contribution in [1.29, 1.82) is 0 Å². The van der Waals surface area contributed by atoms with Crippen LogP contribution in [0.3, 0.4) is 0 Å². The first kappa shape index (κ1) is 19.6. The molecule has 0 spiro atoms. The Morgan fingerprint density at radius 3 is 2.69 bits per heavy atom. The highest BCUT2D eigenvalue weighted by atomic mass is 16.2. The molecule has 1 aromatic rings. The SMILES string of the molecule is O=C1CCC[C@H]2[C@@H]3C[C@@H](CN(CCCn4ccnc4)C3)[C@H](CC3CCCCC3)N12. The van der Waals surface area contributed by atoms with Crippen molar-refractivity contribution in [2.45, 2.75) is 89.3 Å². The van der Waals surface area contributed by atoms with Gasteiger partial charge in [-0.05, 0) is 56.4 Å². The molecule has 2 bridgehead atoms. The van der Waals surface area contributed by atoms with Gasteiger partial charge in [0.25, 0.3) is 0 Å². The molecule has 5 rings (SSSR count). The van der Waals surface area contributed by atoms with E-state index in [4.69, 9.17) is 0 Å². The fraction of sp³-hybridized carbons (Fsp3) is 0.833. The van der Waals surface area contributed by atoms with Crippen LogP contribution in [0.2, 0.25) is 0 Å². The zero-order valence-corrected chi connectivity index (χ0v) is 17.9. The summed E-state index contributed by atoms with van der Waals surface area (Å²) in [5, 5.41) is 0. The molecule has 4 atom stereocenters. The summed E-state index contributed by atoms with van der Waals surface area (Å²) in [6.45, 7) is 4.65. The normalized spacial score (nSPS) is 33.7. The lowest BCUT2D eigenvalue weighted by atomic mass is 9.69. The van der Waals surface area contributed by atoms with E-state index in [1.165, 1.54) is 77.4 Å². The lowest BCUT2D eigenvalue weighted by molar-refractivity contribution is -0.154. The molecule has 4 aliphatic rings. The average molecular weight is 399 g/mol. The van der Waals surface area contributed by atoms with Crippen LogP contribution in [0.1, 0.15) is 70.6 Å². The highest BCUT2D eigenvalue weighted by molar-refractivity contribution is 5.78. The number of aromatic nitrogens is 2. The molecule has 1 saturated carbocycles. The van der Waals surface area contributed by atoms with E-state index in [0.29, 0.717) is 29.8 Å². The molecule has 0 unspecified atom stereocenters. The number of aryl methyl sites for hydroxylation is 1. The molecule has 1 aliphatic carbocycles. The second-order valence-electron chi connectivity index (χ2n) is 10.2. The summed E-state index contributed by atoms with van der Waals surface area (Å²) in [4.78, 5) is 22.3. The lowest BCUT2D eigenvalue weighted by Gasteiger charge is -2.57. The van der Waals surface area contributed by atoms with Crippen LogP contribution in [0.5, 0.6) is 0 Å². The van der Waals surface area contributed by atoms with Gasteiger partial charge < -0.3 is 14.4 Å². The quantitative estimate of drug-likeness (QED) is 0.729. The minimum absolute atomic E-state index is 0.477. The number of rotatable bonds is 6. The molecule has 0 radical (unpaired) electrons. The molecule has 4 heterocycles. The van der Waals surface area contributed by atoms with Crippen molar-refractivity contribution in [3.8, 4) is 0 Å². The number of fused-ring (bicyclic) bond motifs is 4. The van der Waals surface area contributed by atoms with E-state index in [2.05, 4.69) is 25.5 Å². The van der Waals surface area contributed by atoms with E-state index in [0.717, 1.165) is 25.3 Å². The van der Waals surface area contributed by atoms with Gasteiger partial charge in [0.05, 0.1) is 6.33 Å². The molecule has 5 nitrogen and oxygen atoms in total. The molecular weight excluding hydrogens is 360 g/mol. The fourth-order valence-corrected chi connectivity index (χ4v) is 7.02. The van der Waals surface area contributed by atoms with Crippen molar-refractivity contribution in [2.75, 3.05) is 19.6 Å². The number of carbonyl (C=O) groups excluding carboxylic acids is 1. The van der Waals surface area contributed by atoms with E-state index in [1.807, 2.05) is 12.5 Å². The molecule has 4 fully saturated rings. The Kier molecular flexibility index (Phi) is 5.94. The van der Waals surface area contributed by atoms with E-state index < -0.39 is 0 Å². The lowest BCUT2D eigenvalue weighted by Crippen LogP contribution is -2.65. The maximum absolute atomic E-state index is 13.0. The van der Waals surface area contributed by atoms with Crippen LogP contribution in [0.15, 0.2) is 18.7 Å². The first-order chi connectivity index (χ1) is 14.3. The van der Waals surface area contributed by atoms with Crippen LogP contribution < -0.4 is 0 Å². The average Bonchev–Trinajstić information content (AvgIpc) is 3.26. The van der Waals surface area contributed by atoms with E-state index in [-0.39, 0.29) is 0 Å². The smallest absolute Gasteiger partial charge is 0.223 e. The van der Waals surface area contributed by atoms with Crippen molar-refractivity contribution >= 4 is 5.91 Å². The monoisotopic (exact) mass is 398 g/mol. The van der Waals surface area contributed by atoms with Crippen LogP contribution >= 0.6 is 0 Å².